The topological polar surface area (TPSA) is 117 Å². The molecule has 8 nitrogen and oxygen atoms in total. The summed E-state index contributed by atoms with van der Waals surface area (Å²) < 4.78 is 1.71. The van der Waals surface area contributed by atoms with Crippen LogP contribution in [0, 0.1) is 11.3 Å². The number of amides is 2. The quantitative estimate of drug-likeness (QED) is 0.495. The lowest BCUT2D eigenvalue weighted by atomic mass is 10.1. The molecule has 1 atom stereocenters. The highest BCUT2D eigenvalue weighted by Gasteiger charge is 2.16. The molecule has 0 saturated carbocycles. The standard InChI is InChI=1S/C25H22N6O2/c1-16(27)24(32)29-20-7-5-18(6-8-20)22-15-28-31-12-11-19(13-23(22)31)25(33)30(2)21-9-3-17(14-26)4-10-21/h3-13,15-16H,27H2,1-2H3,(H,29,32). The Hall–Kier alpha value is -4.48. The van der Waals surface area contributed by atoms with E-state index >= 15 is 0 Å². The van der Waals surface area contributed by atoms with Crippen LogP contribution < -0.4 is 16.0 Å². The first-order chi connectivity index (χ1) is 15.9. The van der Waals surface area contributed by atoms with Gasteiger partial charge in [0.1, 0.15) is 0 Å². The third kappa shape index (κ3) is 4.44. The SMILES string of the molecule is CC(N)C(=O)Nc1ccc(-c2cnn3ccc(C(=O)N(C)c4ccc(C#N)cc4)cc23)cc1. The summed E-state index contributed by atoms with van der Waals surface area (Å²) in [5.41, 5.74) is 10.5. The fourth-order valence-electron chi connectivity index (χ4n) is 3.40. The zero-order chi connectivity index (χ0) is 23.5. The van der Waals surface area contributed by atoms with E-state index in [1.165, 1.54) is 0 Å². The Balaban J connectivity index is 1.61. The number of anilines is 2. The van der Waals surface area contributed by atoms with Crippen molar-refractivity contribution >= 4 is 28.7 Å². The molecule has 1 unspecified atom stereocenters. The minimum absolute atomic E-state index is 0.177. The molecule has 164 valence electrons. The second-order valence-corrected chi connectivity index (χ2v) is 7.68. The van der Waals surface area contributed by atoms with Crippen LogP contribution in [-0.2, 0) is 4.79 Å². The van der Waals surface area contributed by atoms with Crippen molar-refractivity contribution in [2.45, 2.75) is 13.0 Å². The van der Waals surface area contributed by atoms with Crippen LogP contribution in [0.1, 0.15) is 22.8 Å². The van der Waals surface area contributed by atoms with Crippen molar-refractivity contribution in [2.24, 2.45) is 5.73 Å². The van der Waals surface area contributed by atoms with Crippen LogP contribution in [0.25, 0.3) is 16.6 Å². The van der Waals surface area contributed by atoms with E-state index in [-0.39, 0.29) is 11.8 Å². The van der Waals surface area contributed by atoms with Gasteiger partial charge in [0.2, 0.25) is 5.91 Å². The molecule has 0 fully saturated rings. The zero-order valence-corrected chi connectivity index (χ0v) is 18.2. The van der Waals surface area contributed by atoms with Crippen molar-refractivity contribution in [2.75, 3.05) is 17.3 Å². The van der Waals surface area contributed by atoms with Gasteiger partial charge in [-0.15, -0.1) is 0 Å². The van der Waals surface area contributed by atoms with Gasteiger partial charge in [0.05, 0.1) is 29.4 Å². The summed E-state index contributed by atoms with van der Waals surface area (Å²) >= 11 is 0. The molecule has 2 amide bonds. The molecule has 0 bridgehead atoms. The Morgan fingerprint density at radius 3 is 2.45 bits per heavy atom. The van der Waals surface area contributed by atoms with Gasteiger partial charge in [-0.25, -0.2) is 4.52 Å². The highest BCUT2D eigenvalue weighted by Crippen LogP contribution is 2.27. The maximum Gasteiger partial charge on any atom is 0.258 e. The number of carbonyl (C=O) groups is 2. The molecule has 0 aliphatic rings. The predicted octanol–water partition coefficient (Wildman–Crippen LogP) is 3.44. The maximum atomic E-state index is 13.1. The average molecular weight is 438 g/mol. The van der Waals surface area contributed by atoms with Gasteiger partial charge in [0, 0.05) is 35.7 Å². The van der Waals surface area contributed by atoms with Gasteiger partial charge in [-0.3, -0.25) is 9.59 Å². The number of nitrogens with zero attached hydrogens (tertiary/aromatic N) is 4. The van der Waals surface area contributed by atoms with Gasteiger partial charge in [-0.2, -0.15) is 10.4 Å². The third-order valence-electron chi connectivity index (χ3n) is 5.33. The summed E-state index contributed by atoms with van der Waals surface area (Å²) in [6, 6.07) is 19.2. The van der Waals surface area contributed by atoms with E-state index < -0.39 is 6.04 Å². The number of benzene rings is 2. The molecule has 0 saturated heterocycles. The molecule has 2 heterocycles. The van der Waals surface area contributed by atoms with Crippen LogP contribution >= 0.6 is 0 Å². The van der Waals surface area contributed by atoms with Gasteiger partial charge in [-0.05, 0) is 61.0 Å². The van der Waals surface area contributed by atoms with Crippen molar-refractivity contribution in [1.82, 2.24) is 9.61 Å². The molecule has 2 aromatic carbocycles. The number of nitriles is 1. The van der Waals surface area contributed by atoms with Crippen LogP contribution in [0.15, 0.2) is 73.1 Å². The smallest absolute Gasteiger partial charge is 0.258 e. The largest absolute Gasteiger partial charge is 0.325 e. The van der Waals surface area contributed by atoms with Crippen molar-refractivity contribution in [3.05, 3.63) is 84.2 Å². The lowest BCUT2D eigenvalue weighted by Crippen LogP contribution is -2.32. The van der Waals surface area contributed by atoms with Gasteiger partial charge < -0.3 is 16.0 Å². The van der Waals surface area contributed by atoms with Crippen LogP contribution in [0.2, 0.25) is 0 Å². The number of carbonyl (C=O) groups excluding carboxylic acids is 2. The average Bonchev–Trinajstić information content (AvgIpc) is 3.27. The van der Waals surface area contributed by atoms with Gasteiger partial charge >= 0.3 is 0 Å². The number of fused-ring (bicyclic) bond motifs is 1. The fourth-order valence-corrected chi connectivity index (χ4v) is 3.40. The predicted molar refractivity (Wildman–Crippen MR) is 127 cm³/mol. The number of hydrogen-bond acceptors (Lipinski definition) is 5. The van der Waals surface area contributed by atoms with Crippen molar-refractivity contribution in [3.8, 4) is 17.2 Å². The van der Waals surface area contributed by atoms with E-state index in [1.807, 2.05) is 12.1 Å². The molecule has 2 aromatic heterocycles. The minimum Gasteiger partial charge on any atom is -0.325 e. The summed E-state index contributed by atoms with van der Waals surface area (Å²) in [5, 5.41) is 16.1. The second-order valence-electron chi connectivity index (χ2n) is 7.68. The van der Waals surface area contributed by atoms with Crippen LogP contribution in [0.3, 0.4) is 0 Å². The maximum absolute atomic E-state index is 13.1. The van der Waals surface area contributed by atoms with E-state index in [4.69, 9.17) is 11.0 Å². The van der Waals surface area contributed by atoms with Gasteiger partial charge in [-0.1, -0.05) is 12.1 Å². The number of nitrogens with one attached hydrogen (secondary N) is 1. The highest BCUT2D eigenvalue weighted by atomic mass is 16.2. The second kappa shape index (κ2) is 8.94. The molecular weight excluding hydrogens is 416 g/mol. The third-order valence-corrected chi connectivity index (χ3v) is 5.33. The van der Waals surface area contributed by atoms with Crippen molar-refractivity contribution in [1.29, 1.82) is 5.26 Å². The summed E-state index contributed by atoms with van der Waals surface area (Å²) in [6.45, 7) is 1.63. The molecule has 4 aromatic rings. The number of rotatable bonds is 5. The first-order valence-electron chi connectivity index (χ1n) is 10.3. The van der Waals surface area contributed by atoms with Crippen molar-refractivity contribution < 1.29 is 9.59 Å². The van der Waals surface area contributed by atoms with Crippen molar-refractivity contribution in [3.63, 3.8) is 0 Å². The van der Waals surface area contributed by atoms with Crippen LogP contribution in [0.5, 0.6) is 0 Å². The lowest BCUT2D eigenvalue weighted by molar-refractivity contribution is -0.117. The molecule has 0 aliphatic carbocycles. The van der Waals surface area contributed by atoms with E-state index in [0.717, 1.165) is 16.6 Å². The number of aromatic nitrogens is 2. The monoisotopic (exact) mass is 438 g/mol. The Morgan fingerprint density at radius 2 is 1.82 bits per heavy atom. The molecule has 4 rings (SSSR count). The Bertz CT molecular complexity index is 1370. The zero-order valence-electron chi connectivity index (χ0n) is 18.2. The number of nitrogens with two attached hydrogens (primary N) is 1. The number of pyridine rings is 1. The Kier molecular flexibility index (Phi) is 5.89. The lowest BCUT2D eigenvalue weighted by Gasteiger charge is -2.17. The van der Waals surface area contributed by atoms with E-state index in [1.54, 1.807) is 84.3 Å². The van der Waals surface area contributed by atoms with E-state index in [0.29, 0.717) is 22.5 Å². The normalized spacial score (nSPS) is 11.6. The molecule has 33 heavy (non-hydrogen) atoms. The van der Waals surface area contributed by atoms with Gasteiger partial charge in [0.25, 0.3) is 5.91 Å². The first kappa shape index (κ1) is 21.7. The minimum atomic E-state index is -0.595. The molecule has 8 heteroatoms. The molecular formula is C25H22N6O2. The summed E-state index contributed by atoms with van der Waals surface area (Å²) in [7, 11) is 1.69. The van der Waals surface area contributed by atoms with Crippen LogP contribution in [0.4, 0.5) is 11.4 Å². The molecule has 0 aliphatic heterocycles. The Morgan fingerprint density at radius 1 is 1.12 bits per heavy atom. The van der Waals surface area contributed by atoms with Gasteiger partial charge in [0.15, 0.2) is 0 Å². The summed E-state index contributed by atoms with van der Waals surface area (Å²) in [5.74, 6) is -0.434. The Labute approximate surface area is 190 Å². The van der Waals surface area contributed by atoms with E-state index in [9.17, 15) is 9.59 Å². The first-order valence-corrected chi connectivity index (χ1v) is 10.3. The fraction of sp³-hybridized carbons (Fsp3) is 0.120. The van der Waals surface area contributed by atoms with Crippen LogP contribution in [-0.4, -0.2) is 34.5 Å². The number of hydrogen-bond donors (Lipinski definition) is 2. The molecule has 0 radical (unpaired) electrons. The summed E-state index contributed by atoms with van der Waals surface area (Å²) in [4.78, 5) is 26.4. The molecule has 3 N–H and O–H groups in total. The van der Waals surface area contributed by atoms with E-state index in [2.05, 4.69) is 16.5 Å². The molecule has 0 spiro atoms. The highest BCUT2D eigenvalue weighted by molar-refractivity contribution is 6.06. The summed E-state index contributed by atoms with van der Waals surface area (Å²) in [6.07, 6.45) is 3.49.